The Balaban J connectivity index is 1.79. The number of fused-ring (bicyclic) bond motifs is 1. The number of nitrogens with zero attached hydrogens (tertiary/aromatic N) is 2. The number of rotatable bonds is 3. The third-order valence-electron chi connectivity index (χ3n) is 4.31. The van der Waals surface area contributed by atoms with Gasteiger partial charge in [0.2, 0.25) is 0 Å². The summed E-state index contributed by atoms with van der Waals surface area (Å²) in [5, 5.41) is 14.9. The van der Waals surface area contributed by atoms with Crippen LogP contribution in [0.25, 0.3) is 11.0 Å². The van der Waals surface area contributed by atoms with E-state index >= 15 is 0 Å². The first kappa shape index (κ1) is 18.4. The first-order valence-corrected chi connectivity index (χ1v) is 8.52. The third kappa shape index (κ3) is 3.92. The number of nitrogens with one attached hydrogen (secondary N) is 2. The number of benzene rings is 2. The second-order valence-corrected chi connectivity index (χ2v) is 7.46. The topological polar surface area (TPSA) is 96.3 Å². The number of imidazole rings is 1. The molecule has 1 aromatic heterocycles. The van der Waals surface area contributed by atoms with Crippen LogP contribution in [0.3, 0.4) is 0 Å². The average molecular weight is 366 g/mol. The van der Waals surface area contributed by atoms with Gasteiger partial charge in [0.1, 0.15) is 0 Å². The van der Waals surface area contributed by atoms with E-state index < -0.39 is 12.0 Å². The van der Waals surface area contributed by atoms with Crippen molar-refractivity contribution in [2.24, 2.45) is 7.05 Å². The molecule has 3 rings (SSSR count). The number of hydrogen-bond acceptors (Lipinski definition) is 3. The Hall–Kier alpha value is -3.35. The molecule has 7 nitrogen and oxygen atoms in total. The molecule has 0 bridgehead atoms. The van der Waals surface area contributed by atoms with Crippen LogP contribution in [0.1, 0.15) is 36.7 Å². The summed E-state index contributed by atoms with van der Waals surface area (Å²) >= 11 is 0. The zero-order chi connectivity index (χ0) is 19.8. The first-order valence-electron chi connectivity index (χ1n) is 8.52. The standard InChI is InChI=1S/C20H22N4O3/c1-20(2,3)12-5-7-13(8-6-12)22-19(27)23-14-9-15(18(25)26)17-16(10-14)21-11-24(17)4/h5-11H,1-4H3,(H,25,26)(H2,22,23,27). The first-order chi connectivity index (χ1) is 12.6. The predicted molar refractivity (Wildman–Crippen MR) is 105 cm³/mol. The minimum Gasteiger partial charge on any atom is -0.478 e. The molecule has 0 saturated heterocycles. The van der Waals surface area contributed by atoms with Crippen molar-refractivity contribution in [2.45, 2.75) is 26.2 Å². The number of carbonyl (C=O) groups is 2. The molecule has 2 aromatic carbocycles. The van der Waals surface area contributed by atoms with E-state index in [9.17, 15) is 14.7 Å². The fourth-order valence-corrected chi connectivity index (χ4v) is 2.88. The molecule has 0 aliphatic heterocycles. The molecule has 0 aliphatic rings. The molecular weight excluding hydrogens is 344 g/mol. The van der Waals surface area contributed by atoms with Gasteiger partial charge in [-0.2, -0.15) is 0 Å². The molecule has 0 aliphatic carbocycles. The molecule has 3 aromatic rings. The molecule has 2 amide bonds. The normalized spacial score (nSPS) is 11.4. The van der Waals surface area contributed by atoms with Crippen molar-refractivity contribution in [3.05, 3.63) is 53.9 Å². The Morgan fingerprint density at radius 1 is 1.04 bits per heavy atom. The fourth-order valence-electron chi connectivity index (χ4n) is 2.88. The quantitative estimate of drug-likeness (QED) is 0.647. The molecule has 0 atom stereocenters. The summed E-state index contributed by atoms with van der Waals surface area (Å²) in [6.45, 7) is 6.36. The summed E-state index contributed by atoms with van der Waals surface area (Å²) in [5.74, 6) is -1.08. The van der Waals surface area contributed by atoms with Crippen molar-refractivity contribution in [1.29, 1.82) is 0 Å². The van der Waals surface area contributed by atoms with Gasteiger partial charge in [0.15, 0.2) is 0 Å². The van der Waals surface area contributed by atoms with E-state index in [0.717, 1.165) is 0 Å². The Bertz CT molecular complexity index is 1010. The molecule has 27 heavy (non-hydrogen) atoms. The predicted octanol–water partition coefficient (Wildman–Crippen LogP) is 4.21. The molecular formula is C20H22N4O3. The molecule has 3 N–H and O–H groups in total. The zero-order valence-corrected chi connectivity index (χ0v) is 15.7. The smallest absolute Gasteiger partial charge is 0.337 e. The van der Waals surface area contributed by atoms with Crippen LogP contribution in [-0.2, 0) is 12.5 Å². The number of carboxylic acids is 1. The van der Waals surface area contributed by atoms with Gasteiger partial charge in [-0.25, -0.2) is 14.6 Å². The van der Waals surface area contributed by atoms with Gasteiger partial charge >= 0.3 is 12.0 Å². The summed E-state index contributed by atoms with van der Waals surface area (Å²) in [5.41, 5.74) is 3.30. The number of urea groups is 1. The second-order valence-electron chi connectivity index (χ2n) is 7.46. The van der Waals surface area contributed by atoms with Crippen LogP contribution in [0.15, 0.2) is 42.7 Å². The van der Waals surface area contributed by atoms with E-state index in [1.807, 2.05) is 24.3 Å². The SMILES string of the molecule is Cn1cnc2cc(NC(=O)Nc3ccc(C(C)(C)C)cc3)cc(C(=O)O)c21. The van der Waals surface area contributed by atoms with Gasteiger partial charge in [-0.05, 0) is 35.2 Å². The second kappa shape index (κ2) is 6.75. The van der Waals surface area contributed by atoms with E-state index in [1.54, 1.807) is 17.7 Å². The molecule has 0 unspecified atom stereocenters. The highest BCUT2D eigenvalue weighted by atomic mass is 16.4. The highest BCUT2D eigenvalue weighted by molar-refractivity contribution is 6.06. The summed E-state index contributed by atoms with van der Waals surface area (Å²) < 4.78 is 1.64. The zero-order valence-electron chi connectivity index (χ0n) is 15.7. The Morgan fingerprint density at radius 2 is 1.67 bits per heavy atom. The monoisotopic (exact) mass is 366 g/mol. The van der Waals surface area contributed by atoms with Gasteiger partial charge in [0.25, 0.3) is 0 Å². The van der Waals surface area contributed by atoms with E-state index in [-0.39, 0.29) is 11.0 Å². The third-order valence-corrected chi connectivity index (χ3v) is 4.31. The average Bonchev–Trinajstić information content (AvgIpc) is 2.94. The minimum absolute atomic E-state index is 0.0338. The van der Waals surface area contributed by atoms with Crippen molar-refractivity contribution in [2.75, 3.05) is 10.6 Å². The molecule has 0 saturated carbocycles. The van der Waals surface area contributed by atoms with E-state index in [0.29, 0.717) is 22.4 Å². The molecule has 140 valence electrons. The van der Waals surface area contributed by atoms with Gasteiger partial charge < -0.3 is 20.3 Å². The molecule has 0 radical (unpaired) electrons. The van der Waals surface area contributed by atoms with Crippen LogP contribution in [0, 0.1) is 0 Å². The van der Waals surface area contributed by atoms with Crippen LogP contribution >= 0.6 is 0 Å². The van der Waals surface area contributed by atoms with Crippen LogP contribution in [-0.4, -0.2) is 26.7 Å². The summed E-state index contributed by atoms with van der Waals surface area (Å²) in [6.07, 6.45) is 1.54. The maximum atomic E-state index is 12.3. The highest BCUT2D eigenvalue weighted by Crippen LogP contribution is 2.25. The number of hydrogen-bond donors (Lipinski definition) is 3. The van der Waals surface area contributed by atoms with Crippen LogP contribution in [0.2, 0.25) is 0 Å². The fraction of sp³-hybridized carbons (Fsp3) is 0.250. The molecule has 0 fully saturated rings. The van der Waals surface area contributed by atoms with Crippen LogP contribution in [0.4, 0.5) is 16.2 Å². The molecule has 7 heteroatoms. The van der Waals surface area contributed by atoms with Crippen molar-refractivity contribution >= 4 is 34.4 Å². The maximum Gasteiger partial charge on any atom is 0.337 e. The van der Waals surface area contributed by atoms with Gasteiger partial charge in [-0.15, -0.1) is 0 Å². The van der Waals surface area contributed by atoms with E-state index in [4.69, 9.17) is 0 Å². The maximum absolute atomic E-state index is 12.3. The summed E-state index contributed by atoms with van der Waals surface area (Å²) in [7, 11) is 1.73. The lowest BCUT2D eigenvalue weighted by atomic mass is 9.87. The summed E-state index contributed by atoms with van der Waals surface area (Å²) in [4.78, 5) is 28.0. The Kier molecular flexibility index (Phi) is 4.61. The lowest BCUT2D eigenvalue weighted by Gasteiger charge is -2.19. The Labute approximate surface area is 157 Å². The highest BCUT2D eigenvalue weighted by Gasteiger charge is 2.16. The molecule has 1 heterocycles. The lowest BCUT2D eigenvalue weighted by molar-refractivity contribution is 0.0698. The number of amides is 2. The van der Waals surface area contributed by atoms with Crippen molar-refractivity contribution in [1.82, 2.24) is 9.55 Å². The number of aryl methyl sites for hydroxylation is 1. The number of aromatic carboxylic acids is 1. The largest absolute Gasteiger partial charge is 0.478 e. The number of anilines is 2. The lowest BCUT2D eigenvalue weighted by Crippen LogP contribution is -2.20. The van der Waals surface area contributed by atoms with Gasteiger partial charge in [0.05, 0.1) is 22.9 Å². The molecule has 0 spiro atoms. The van der Waals surface area contributed by atoms with Crippen molar-refractivity contribution < 1.29 is 14.7 Å². The minimum atomic E-state index is -1.08. The van der Waals surface area contributed by atoms with Crippen LogP contribution in [0.5, 0.6) is 0 Å². The number of carbonyl (C=O) groups excluding carboxylic acids is 1. The van der Waals surface area contributed by atoms with Gasteiger partial charge in [-0.3, -0.25) is 0 Å². The van der Waals surface area contributed by atoms with E-state index in [2.05, 4.69) is 36.4 Å². The summed E-state index contributed by atoms with van der Waals surface area (Å²) in [6, 6.07) is 10.2. The number of carboxylic acid groups (broad SMARTS) is 1. The van der Waals surface area contributed by atoms with Gasteiger partial charge in [-0.1, -0.05) is 32.9 Å². The van der Waals surface area contributed by atoms with E-state index in [1.165, 1.54) is 18.0 Å². The Morgan fingerprint density at radius 3 is 2.26 bits per heavy atom. The van der Waals surface area contributed by atoms with Crippen LogP contribution < -0.4 is 10.6 Å². The van der Waals surface area contributed by atoms with Gasteiger partial charge in [0, 0.05) is 18.4 Å². The van der Waals surface area contributed by atoms with Crippen molar-refractivity contribution in [3.63, 3.8) is 0 Å². The van der Waals surface area contributed by atoms with Crippen molar-refractivity contribution in [3.8, 4) is 0 Å². The number of aromatic nitrogens is 2.